The number of pyridine rings is 1. The highest BCUT2D eigenvalue weighted by atomic mass is 16.2. The molecule has 0 aliphatic heterocycles. The Hall–Kier alpha value is -5.57. The van der Waals surface area contributed by atoms with Crippen molar-refractivity contribution in [3.05, 3.63) is 89.8 Å². The predicted molar refractivity (Wildman–Crippen MR) is 171 cm³/mol. The van der Waals surface area contributed by atoms with Crippen LogP contribution in [0.2, 0.25) is 0 Å². The van der Waals surface area contributed by atoms with E-state index in [4.69, 9.17) is 9.97 Å². The Bertz CT molecular complexity index is 1790. The molecule has 2 amide bonds. The monoisotopic (exact) mass is 601 g/mol. The minimum Gasteiger partial charge on any atom is -0.351 e. The van der Waals surface area contributed by atoms with Crippen LogP contribution < -0.4 is 15.5 Å². The SMILES string of the molecule is Cc1n[nH]c(C)c1-c1nc(NC2CCC(N(C(=O)NCc3ccccc3)c3ccc(-c4cnn(C)c4)cn3)CC2)ncc1C#N. The van der Waals surface area contributed by atoms with Gasteiger partial charge in [-0.2, -0.15) is 15.5 Å². The Labute approximate surface area is 261 Å². The van der Waals surface area contributed by atoms with Crippen LogP contribution in [0.3, 0.4) is 0 Å². The van der Waals surface area contributed by atoms with Crippen LogP contribution in [-0.4, -0.2) is 53.0 Å². The van der Waals surface area contributed by atoms with Gasteiger partial charge in [-0.05, 0) is 57.2 Å². The molecule has 1 aromatic carbocycles. The summed E-state index contributed by atoms with van der Waals surface area (Å²) >= 11 is 0. The van der Waals surface area contributed by atoms with Gasteiger partial charge in [0.05, 0.1) is 29.3 Å². The van der Waals surface area contributed by atoms with Gasteiger partial charge >= 0.3 is 6.03 Å². The quantitative estimate of drug-likeness (QED) is 0.217. The van der Waals surface area contributed by atoms with Gasteiger partial charge in [-0.25, -0.2) is 19.7 Å². The number of nitriles is 1. The predicted octanol–water partition coefficient (Wildman–Crippen LogP) is 5.29. The molecule has 12 nitrogen and oxygen atoms in total. The van der Waals surface area contributed by atoms with Gasteiger partial charge in [-0.3, -0.25) is 14.7 Å². The molecule has 6 rings (SSSR count). The van der Waals surface area contributed by atoms with Crippen molar-refractivity contribution in [2.24, 2.45) is 7.05 Å². The van der Waals surface area contributed by atoms with Crippen LogP contribution in [0.4, 0.5) is 16.6 Å². The maximum absolute atomic E-state index is 13.7. The molecule has 0 unspecified atom stereocenters. The number of amides is 2. The molecule has 0 atom stereocenters. The fraction of sp³-hybridized carbons (Fsp3) is 0.303. The number of aromatic amines is 1. The lowest BCUT2D eigenvalue weighted by Gasteiger charge is -2.36. The summed E-state index contributed by atoms with van der Waals surface area (Å²) in [7, 11) is 1.88. The largest absolute Gasteiger partial charge is 0.351 e. The van der Waals surface area contributed by atoms with Crippen LogP contribution in [0.25, 0.3) is 22.4 Å². The zero-order valence-electron chi connectivity index (χ0n) is 25.5. The molecule has 228 valence electrons. The molecule has 1 saturated carbocycles. The number of hydrogen-bond acceptors (Lipinski definition) is 8. The number of urea groups is 1. The highest BCUT2D eigenvalue weighted by Gasteiger charge is 2.31. The maximum atomic E-state index is 13.7. The van der Waals surface area contributed by atoms with Crippen LogP contribution in [0, 0.1) is 25.2 Å². The minimum absolute atomic E-state index is 0.0377. The number of anilines is 2. The summed E-state index contributed by atoms with van der Waals surface area (Å²) < 4.78 is 1.75. The normalized spacial score (nSPS) is 16.1. The van der Waals surface area contributed by atoms with Crippen LogP contribution in [0.5, 0.6) is 0 Å². The summed E-state index contributed by atoms with van der Waals surface area (Å²) in [5.74, 6) is 1.08. The van der Waals surface area contributed by atoms with E-state index in [1.807, 2.05) is 69.6 Å². The average Bonchev–Trinajstić information content (AvgIpc) is 3.65. The van der Waals surface area contributed by atoms with E-state index in [1.165, 1.54) is 0 Å². The average molecular weight is 602 g/mol. The van der Waals surface area contributed by atoms with Gasteiger partial charge in [-0.15, -0.1) is 0 Å². The van der Waals surface area contributed by atoms with E-state index < -0.39 is 0 Å². The van der Waals surface area contributed by atoms with Crippen molar-refractivity contribution in [3.63, 3.8) is 0 Å². The van der Waals surface area contributed by atoms with Gasteiger partial charge in [0.15, 0.2) is 0 Å². The lowest BCUT2D eigenvalue weighted by molar-refractivity contribution is 0.240. The van der Waals surface area contributed by atoms with E-state index in [1.54, 1.807) is 28.2 Å². The Balaban J connectivity index is 1.18. The first-order valence-corrected chi connectivity index (χ1v) is 15.0. The van der Waals surface area contributed by atoms with Crippen LogP contribution >= 0.6 is 0 Å². The van der Waals surface area contributed by atoms with E-state index in [0.717, 1.165) is 59.3 Å². The van der Waals surface area contributed by atoms with Gasteiger partial charge in [0.1, 0.15) is 11.9 Å². The number of carbonyl (C=O) groups is 1. The zero-order chi connectivity index (χ0) is 31.3. The summed E-state index contributed by atoms with van der Waals surface area (Å²) in [5, 5.41) is 27.7. The Kier molecular flexibility index (Phi) is 8.50. The molecule has 1 fully saturated rings. The number of hydrogen-bond donors (Lipinski definition) is 3. The highest BCUT2D eigenvalue weighted by molar-refractivity contribution is 5.91. The first-order chi connectivity index (χ1) is 21.9. The van der Waals surface area contributed by atoms with Crippen LogP contribution in [0.1, 0.15) is 48.2 Å². The number of aromatic nitrogens is 7. The summed E-state index contributed by atoms with van der Waals surface area (Å²) in [6.07, 6.45) is 10.2. The van der Waals surface area contributed by atoms with E-state index >= 15 is 0 Å². The molecule has 45 heavy (non-hydrogen) atoms. The first kappa shape index (κ1) is 29.5. The van der Waals surface area contributed by atoms with Crippen molar-refractivity contribution >= 4 is 17.8 Å². The molecular weight excluding hydrogens is 566 g/mol. The summed E-state index contributed by atoms with van der Waals surface area (Å²) in [6, 6.07) is 15.9. The second kappa shape index (κ2) is 13.0. The summed E-state index contributed by atoms with van der Waals surface area (Å²) in [5.41, 5.74) is 6.34. The number of aryl methyl sites for hydroxylation is 3. The van der Waals surface area contributed by atoms with Crippen molar-refractivity contribution in [1.82, 2.24) is 40.2 Å². The third-order valence-electron chi connectivity index (χ3n) is 8.21. The number of nitrogens with one attached hydrogen (secondary N) is 3. The second-order valence-electron chi connectivity index (χ2n) is 11.3. The molecule has 0 spiro atoms. The number of rotatable bonds is 8. The third-order valence-corrected chi connectivity index (χ3v) is 8.21. The Morgan fingerprint density at radius 3 is 2.49 bits per heavy atom. The fourth-order valence-corrected chi connectivity index (χ4v) is 5.87. The highest BCUT2D eigenvalue weighted by Crippen LogP contribution is 2.31. The van der Waals surface area contributed by atoms with Gasteiger partial charge in [0.25, 0.3) is 0 Å². The number of H-pyrrole nitrogens is 1. The van der Waals surface area contributed by atoms with Crippen LogP contribution in [-0.2, 0) is 13.6 Å². The van der Waals surface area contributed by atoms with Crippen molar-refractivity contribution in [3.8, 4) is 28.5 Å². The van der Waals surface area contributed by atoms with E-state index in [9.17, 15) is 10.1 Å². The van der Waals surface area contributed by atoms with E-state index in [2.05, 4.69) is 37.0 Å². The van der Waals surface area contributed by atoms with Crippen LogP contribution in [0.15, 0.2) is 67.3 Å². The molecule has 4 aromatic heterocycles. The van der Waals surface area contributed by atoms with Gasteiger partial charge in [0, 0.05) is 60.5 Å². The van der Waals surface area contributed by atoms with Crippen molar-refractivity contribution < 1.29 is 4.79 Å². The number of carbonyl (C=O) groups excluding carboxylic acids is 1. The molecule has 4 heterocycles. The Morgan fingerprint density at radius 1 is 1.04 bits per heavy atom. The molecule has 0 bridgehead atoms. The molecule has 3 N–H and O–H groups in total. The molecule has 0 radical (unpaired) electrons. The first-order valence-electron chi connectivity index (χ1n) is 15.0. The van der Waals surface area contributed by atoms with E-state index in [0.29, 0.717) is 29.6 Å². The molecule has 12 heteroatoms. The fourth-order valence-electron chi connectivity index (χ4n) is 5.87. The third kappa shape index (κ3) is 6.52. The zero-order valence-corrected chi connectivity index (χ0v) is 25.5. The molecule has 0 saturated heterocycles. The Morgan fingerprint density at radius 2 is 1.84 bits per heavy atom. The van der Waals surface area contributed by atoms with Gasteiger partial charge in [0.2, 0.25) is 5.95 Å². The lowest BCUT2D eigenvalue weighted by Crippen LogP contribution is -2.49. The summed E-state index contributed by atoms with van der Waals surface area (Å²) in [6.45, 7) is 4.23. The summed E-state index contributed by atoms with van der Waals surface area (Å²) in [4.78, 5) is 29.4. The molecule has 1 aliphatic rings. The van der Waals surface area contributed by atoms with Gasteiger partial charge < -0.3 is 10.6 Å². The second-order valence-corrected chi connectivity index (χ2v) is 11.3. The number of benzene rings is 1. The van der Waals surface area contributed by atoms with Crippen molar-refractivity contribution in [2.45, 2.75) is 58.2 Å². The van der Waals surface area contributed by atoms with Crippen molar-refractivity contribution in [1.29, 1.82) is 5.26 Å². The van der Waals surface area contributed by atoms with Gasteiger partial charge in [-0.1, -0.05) is 30.3 Å². The van der Waals surface area contributed by atoms with Crippen molar-refractivity contribution in [2.75, 3.05) is 10.2 Å². The molecular formula is C33H35N11O. The molecule has 5 aromatic rings. The van der Waals surface area contributed by atoms with E-state index in [-0.39, 0.29) is 18.1 Å². The lowest BCUT2D eigenvalue weighted by atomic mass is 9.90. The maximum Gasteiger partial charge on any atom is 0.323 e. The topological polar surface area (TPSA) is 153 Å². The minimum atomic E-state index is -0.178. The smallest absolute Gasteiger partial charge is 0.323 e. The standard InChI is InChI=1S/C33H35N11O/c1-21-30(22(2)42-41-21)31-25(15-34)18-36-32(40-31)39-27-10-12-28(13-11-27)44(33(45)37-16-23-7-5-4-6-8-23)29-14-9-24(17-35-29)26-19-38-43(3)20-26/h4-9,14,17-20,27-28H,10-13,16H2,1-3H3,(H,37,45)(H,41,42)(H,36,39,40). The number of nitrogens with zero attached hydrogens (tertiary/aromatic N) is 8. The molecule has 1 aliphatic carbocycles.